The maximum Gasteiger partial charge on any atom is 0.242 e. The average molecular weight is 294 g/mol. The fourth-order valence-corrected chi connectivity index (χ4v) is 2.57. The molecule has 0 unspecified atom stereocenters. The van der Waals surface area contributed by atoms with E-state index in [4.69, 9.17) is 5.14 Å². The van der Waals surface area contributed by atoms with Crippen LogP contribution in [0.3, 0.4) is 0 Å². The minimum absolute atomic E-state index is 0.0405. The molecule has 0 aliphatic heterocycles. The van der Waals surface area contributed by atoms with Crippen LogP contribution in [-0.4, -0.2) is 19.9 Å². The lowest BCUT2D eigenvalue weighted by atomic mass is 10.3. The first-order valence-corrected chi connectivity index (χ1v) is 6.63. The predicted molar refractivity (Wildman–Crippen MR) is 62.2 cm³/mol. The molecule has 5 nitrogen and oxygen atoms in total. The van der Waals surface area contributed by atoms with E-state index in [0.717, 1.165) is 0 Å². The first kappa shape index (κ1) is 12.4. The molecule has 0 saturated carbocycles. The van der Waals surface area contributed by atoms with Crippen molar-refractivity contribution in [2.45, 2.75) is 18.7 Å². The fourth-order valence-electron chi connectivity index (χ4n) is 1.20. The Morgan fingerprint density at radius 3 is 2.67 bits per heavy atom. The van der Waals surface area contributed by atoms with E-state index in [1.54, 1.807) is 13.1 Å². The molecule has 3 N–H and O–H groups in total. The Bertz CT molecular complexity index is 473. The van der Waals surface area contributed by atoms with Crippen molar-refractivity contribution < 1.29 is 8.42 Å². The van der Waals surface area contributed by atoms with Crippen molar-refractivity contribution in [3.8, 4) is 0 Å². The van der Waals surface area contributed by atoms with E-state index in [1.807, 2.05) is 6.92 Å². The Hall–Kier alpha value is -0.660. The van der Waals surface area contributed by atoms with Crippen molar-refractivity contribution in [2.24, 2.45) is 5.14 Å². The highest BCUT2D eigenvalue weighted by molar-refractivity contribution is 9.10. The summed E-state index contributed by atoms with van der Waals surface area (Å²) in [6.45, 7) is 4.11. The number of rotatable bonds is 3. The Balaban J connectivity index is 3.49. The largest absolute Gasteiger partial charge is 0.369 e. The van der Waals surface area contributed by atoms with Gasteiger partial charge >= 0.3 is 0 Å². The minimum Gasteiger partial charge on any atom is -0.369 e. The van der Waals surface area contributed by atoms with Gasteiger partial charge in [-0.2, -0.15) is 0 Å². The van der Waals surface area contributed by atoms with Gasteiger partial charge < -0.3 is 5.32 Å². The third-order valence-corrected chi connectivity index (χ3v) is 3.72. The molecule has 0 aliphatic carbocycles. The highest BCUT2D eigenvalue weighted by Gasteiger charge is 2.19. The number of anilines is 1. The molecule has 1 rings (SSSR count). The lowest BCUT2D eigenvalue weighted by molar-refractivity contribution is 0.597. The van der Waals surface area contributed by atoms with E-state index in [2.05, 4.69) is 26.2 Å². The minimum atomic E-state index is -3.76. The van der Waals surface area contributed by atoms with Gasteiger partial charge in [0.25, 0.3) is 0 Å². The number of aromatic nitrogens is 1. The molecule has 1 aromatic rings. The molecule has 0 saturated heterocycles. The molecule has 0 radical (unpaired) electrons. The third-order valence-electron chi connectivity index (χ3n) is 1.85. The summed E-state index contributed by atoms with van der Waals surface area (Å²) in [4.78, 5) is 4.02. The van der Waals surface area contributed by atoms with Crippen LogP contribution in [0.15, 0.2) is 15.6 Å². The zero-order chi connectivity index (χ0) is 11.6. The SMILES string of the molecule is CCNc1ncc(Br)c(C)c1S(N)(=O)=O. The summed E-state index contributed by atoms with van der Waals surface area (Å²) in [6, 6.07) is 0. The van der Waals surface area contributed by atoms with Crippen molar-refractivity contribution >= 4 is 31.8 Å². The van der Waals surface area contributed by atoms with Crippen LogP contribution in [0.1, 0.15) is 12.5 Å². The summed E-state index contributed by atoms with van der Waals surface area (Å²) in [6.07, 6.45) is 1.54. The van der Waals surface area contributed by atoms with E-state index in [9.17, 15) is 8.42 Å². The number of hydrogen-bond acceptors (Lipinski definition) is 4. The number of pyridine rings is 1. The molecule has 0 spiro atoms. The van der Waals surface area contributed by atoms with Gasteiger partial charge in [0.15, 0.2) is 0 Å². The summed E-state index contributed by atoms with van der Waals surface area (Å²) in [5, 5.41) is 7.99. The molecule has 0 fully saturated rings. The van der Waals surface area contributed by atoms with E-state index in [-0.39, 0.29) is 4.90 Å². The van der Waals surface area contributed by atoms with Crippen LogP contribution in [0.2, 0.25) is 0 Å². The highest BCUT2D eigenvalue weighted by Crippen LogP contribution is 2.27. The Morgan fingerprint density at radius 2 is 2.20 bits per heavy atom. The number of primary sulfonamides is 1. The molecule has 0 aliphatic rings. The van der Waals surface area contributed by atoms with Crippen LogP contribution in [0, 0.1) is 6.92 Å². The Labute approximate surface area is 97.3 Å². The lowest BCUT2D eigenvalue weighted by Gasteiger charge is -2.11. The predicted octanol–water partition coefficient (Wildman–Crippen LogP) is 1.23. The van der Waals surface area contributed by atoms with Crippen LogP contribution in [0.5, 0.6) is 0 Å². The first-order valence-electron chi connectivity index (χ1n) is 4.29. The number of nitrogens with one attached hydrogen (secondary N) is 1. The van der Waals surface area contributed by atoms with Crippen molar-refractivity contribution in [3.63, 3.8) is 0 Å². The normalized spacial score (nSPS) is 11.5. The van der Waals surface area contributed by atoms with Crippen LogP contribution < -0.4 is 10.5 Å². The van der Waals surface area contributed by atoms with E-state index in [0.29, 0.717) is 22.4 Å². The number of sulfonamides is 1. The Morgan fingerprint density at radius 1 is 1.60 bits per heavy atom. The first-order chi connectivity index (χ1) is 6.88. The van der Waals surface area contributed by atoms with Gasteiger partial charge in [-0.1, -0.05) is 0 Å². The molecule has 7 heteroatoms. The second kappa shape index (κ2) is 4.46. The van der Waals surface area contributed by atoms with Gasteiger partial charge in [0.2, 0.25) is 10.0 Å². The monoisotopic (exact) mass is 293 g/mol. The summed E-state index contributed by atoms with van der Waals surface area (Å²) >= 11 is 3.21. The van der Waals surface area contributed by atoms with Crippen LogP contribution in [-0.2, 0) is 10.0 Å². The van der Waals surface area contributed by atoms with Gasteiger partial charge in [0.1, 0.15) is 10.7 Å². The molecule has 15 heavy (non-hydrogen) atoms. The molecular formula is C8H12BrN3O2S. The number of halogens is 1. The molecule has 0 bridgehead atoms. The van der Waals surface area contributed by atoms with E-state index >= 15 is 0 Å². The second-order valence-corrected chi connectivity index (χ2v) is 5.34. The molecule has 84 valence electrons. The third kappa shape index (κ3) is 2.67. The quantitative estimate of drug-likeness (QED) is 0.878. The number of nitrogens with two attached hydrogens (primary N) is 1. The van der Waals surface area contributed by atoms with Crippen LogP contribution in [0.25, 0.3) is 0 Å². The zero-order valence-corrected chi connectivity index (χ0v) is 10.8. The summed E-state index contributed by atoms with van der Waals surface area (Å²) < 4.78 is 23.4. The summed E-state index contributed by atoms with van der Waals surface area (Å²) in [5.41, 5.74) is 0.559. The van der Waals surface area contributed by atoms with Crippen LogP contribution in [0.4, 0.5) is 5.82 Å². The van der Waals surface area contributed by atoms with Crippen molar-refractivity contribution in [1.29, 1.82) is 0 Å². The van der Waals surface area contributed by atoms with Gasteiger partial charge in [0.05, 0.1) is 0 Å². The van der Waals surface area contributed by atoms with Gasteiger partial charge in [-0.05, 0) is 35.3 Å². The van der Waals surface area contributed by atoms with Gasteiger partial charge in [0, 0.05) is 17.2 Å². The maximum absolute atomic E-state index is 11.4. The molecule has 1 heterocycles. The molecule has 1 aromatic heterocycles. The van der Waals surface area contributed by atoms with Crippen molar-refractivity contribution in [2.75, 3.05) is 11.9 Å². The fraction of sp³-hybridized carbons (Fsp3) is 0.375. The average Bonchev–Trinajstić information content (AvgIpc) is 2.10. The van der Waals surface area contributed by atoms with Crippen molar-refractivity contribution in [1.82, 2.24) is 4.98 Å². The lowest BCUT2D eigenvalue weighted by Crippen LogP contribution is -2.17. The molecule has 0 amide bonds. The van der Waals surface area contributed by atoms with E-state index in [1.165, 1.54) is 0 Å². The molecule has 0 aromatic carbocycles. The standard InChI is InChI=1S/C8H12BrN3O2S/c1-3-11-8-7(15(10,13)14)5(2)6(9)4-12-8/h4H,3H2,1-2H3,(H,11,12)(H2,10,13,14). The van der Waals surface area contributed by atoms with Crippen molar-refractivity contribution in [3.05, 3.63) is 16.2 Å². The number of hydrogen-bond donors (Lipinski definition) is 2. The Kier molecular flexibility index (Phi) is 3.69. The summed E-state index contributed by atoms with van der Waals surface area (Å²) in [7, 11) is -3.76. The zero-order valence-electron chi connectivity index (χ0n) is 8.41. The van der Waals surface area contributed by atoms with Gasteiger partial charge in [-0.25, -0.2) is 18.5 Å². The van der Waals surface area contributed by atoms with E-state index < -0.39 is 10.0 Å². The molecule has 0 atom stereocenters. The van der Waals surface area contributed by atoms with Crippen LogP contribution >= 0.6 is 15.9 Å². The van der Waals surface area contributed by atoms with Gasteiger partial charge in [-0.3, -0.25) is 0 Å². The maximum atomic E-state index is 11.4. The number of nitrogens with zero attached hydrogens (tertiary/aromatic N) is 1. The molecular weight excluding hydrogens is 282 g/mol. The highest BCUT2D eigenvalue weighted by atomic mass is 79.9. The smallest absolute Gasteiger partial charge is 0.242 e. The topological polar surface area (TPSA) is 85.1 Å². The summed E-state index contributed by atoms with van der Waals surface area (Å²) in [5.74, 6) is 0.292. The second-order valence-electron chi connectivity index (χ2n) is 2.98. The van der Waals surface area contributed by atoms with Gasteiger partial charge in [-0.15, -0.1) is 0 Å².